The van der Waals surface area contributed by atoms with Gasteiger partial charge in [0.25, 0.3) is 11.6 Å². The van der Waals surface area contributed by atoms with Crippen molar-refractivity contribution in [3.05, 3.63) is 56.0 Å². The lowest BCUT2D eigenvalue weighted by atomic mass is 10.2. The van der Waals surface area contributed by atoms with E-state index < -0.39 is 16.8 Å². The highest BCUT2D eigenvalue weighted by atomic mass is 35.5. The smallest absolute Gasteiger partial charge is 0.269 e. The first kappa shape index (κ1) is 19.1. The van der Waals surface area contributed by atoms with Gasteiger partial charge in [-0.3, -0.25) is 19.8 Å². The average Bonchev–Trinajstić information content (AvgIpc) is 2.79. The van der Waals surface area contributed by atoms with Crippen molar-refractivity contribution < 1.29 is 19.6 Å². The molecule has 0 saturated carbocycles. The number of amides is 1. The quantitative estimate of drug-likeness (QED) is 0.313. The van der Waals surface area contributed by atoms with E-state index in [0.717, 1.165) is 11.8 Å². The van der Waals surface area contributed by atoms with Gasteiger partial charge in [0.2, 0.25) is 0 Å². The molecule has 1 aliphatic heterocycles. The van der Waals surface area contributed by atoms with E-state index in [4.69, 9.17) is 23.8 Å². The van der Waals surface area contributed by atoms with Crippen LogP contribution in [0.5, 0.6) is 0 Å². The van der Waals surface area contributed by atoms with Gasteiger partial charge in [0, 0.05) is 36.1 Å². The highest BCUT2D eigenvalue weighted by molar-refractivity contribution is 8.26. The number of thiocarbonyl (C=S) groups is 1. The van der Waals surface area contributed by atoms with Gasteiger partial charge in [-0.2, -0.15) is 0 Å². The monoisotopic (exact) mass is 397 g/mol. The zero-order chi connectivity index (χ0) is 18.6. The van der Waals surface area contributed by atoms with E-state index in [1.165, 1.54) is 35.2 Å². The van der Waals surface area contributed by atoms with E-state index in [1.54, 1.807) is 6.08 Å². The molecule has 1 saturated heterocycles. The first-order valence-corrected chi connectivity index (χ1v) is 8.45. The molecule has 2 rings (SSSR count). The van der Waals surface area contributed by atoms with Crippen molar-refractivity contribution in [1.29, 1.82) is 0 Å². The number of nitro benzene ring substituents is 1. The van der Waals surface area contributed by atoms with E-state index >= 15 is 0 Å². The van der Waals surface area contributed by atoms with Crippen molar-refractivity contribution in [2.24, 2.45) is 0 Å². The second-order valence-corrected chi connectivity index (χ2v) is 6.95. The number of carbonyl (C=O) groups is 2. The Morgan fingerprint density at radius 1 is 1.36 bits per heavy atom. The summed E-state index contributed by atoms with van der Waals surface area (Å²) in [5, 5.41) is 21.4. The molecule has 1 fully saturated rings. The average molecular weight is 398 g/mol. The topological polar surface area (TPSA) is 104 Å². The van der Waals surface area contributed by atoms with E-state index in [0.29, 0.717) is 5.56 Å². The van der Waals surface area contributed by atoms with Gasteiger partial charge in [0.05, 0.1) is 9.83 Å². The third kappa shape index (κ3) is 5.12. The number of nitro groups is 1. The van der Waals surface area contributed by atoms with Crippen molar-refractivity contribution >= 4 is 63.5 Å². The minimum atomic E-state index is -1.27. The molecule has 10 heteroatoms. The summed E-state index contributed by atoms with van der Waals surface area (Å²) >= 11 is 12.2. The van der Waals surface area contributed by atoms with Gasteiger partial charge >= 0.3 is 0 Å². The molecule has 25 heavy (non-hydrogen) atoms. The first-order chi connectivity index (χ1) is 11.8. The maximum Gasteiger partial charge on any atom is 0.269 e. The maximum absolute atomic E-state index is 12.2. The molecule has 0 atom stereocenters. The Bertz CT molecular complexity index is 805. The molecule has 0 bridgehead atoms. The summed E-state index contributed by atoms with van der Waals surface area (Å²) in [5.41, 5.74) is 0.585. The highest BCUT2D eigenvalue weighted by Gasteiger charge is 2.31. The molecule has 0 unspecified atom stereocenters. The van der Waals surface area contributed by atoms with Gasteiger partial charge in [-0.05, 0) is 29.8 Å². The summed E-state index contributed by atoms with van der Waals surface area (Å²) in [6.07, 6.45) is 2.65. The molecule has 1 amide bonds. The summed E-state index contributed by atoms with van der Waals surface area (Å²) < 4.78 is 0.248. The first-order valence-electron chi connectivity index (χ1n) is 6.85. The SMILES string of the molecule is O=C([O-])CCN1C(=O)C(=CC(Cl)=Cc2ccc([N+](=O)[O-])cc2)SC1=S. The molecule has 0 aromatic heterocycles. The molecular formula is C15H10ClN2O5S2-. The normalized spacial score (nSPS) is 16.6. The number of rotatable bonds is 6. The van der Waals surface area contributed by atoms with Crippen LogP contribution in [0.1, 0.15) is 12.0 Å². The summed E-state index contributed by atoms with van der Waals surface area (Å²) in [6, 6.07) is 5.74. The zero-order valence-corrected chi connectivity index (χ0v) is 14.9. The summed E-state index contributed by atoms with van der Waals surface area (Å²) in [5.74, 6) is -1.69. The molecule has 1 aromatic rings. The van der Waals surface area contributed by atoms with Crippen molar-refractivity contribution in [2.45, 2.75) is 6.42 Å². The fraction of sp³-hybridized carbons (Fsp3) is 0.133. The molecule has 0 N–H and O–H groups in total. The van der Waals surface area contributed by atoms with Gasteiger partial charge in [0.15, 0.2) is 0 Å². The molecule has 1 aromatic carbocycles. The number of benzene rings is 1. The Morgan fingerprint density at radius 2 is 2.00 bits per heavy atom. The van der Waals surface area contributed by atoms with Crippen LogP contribution in [0.4, 0.5) is 5.69 Å². The molecular weight excluding hydrogens is 388 g/mol. The number of halogens is 1. The largest absolute Gasteiger partial charge is 0.550 e. The third-order valence-corrected chi connectivity index (χ3v) is 4.69. The number of non-ortho nitro benzene ring substituents is 1. The minimum Gasteiger partial charge on any atom is -0.550 e. The van der Waals surface area contributed by atoms with Gasteiger partial charge in [-0.25, -0.2) is 0 Å². The maximum atomic E-state index is 12.2. The molecule has 1 heterocycles. The Hall–Kier alpha value is -2.23. The molecule has 0 radical (unpaired) electrons. The van der Waals surface area contributed by atoms with Gasteiger partial charge in [-0.15, -0.1) is 0 Å². The zero-order valence-electron chi connectivity index (χ0n) is 12.5. The predicted octanol–water partition coefficient (Wildman–Crippen LogP) is 2.06. The Morgan fingerprint density at radius 3 is 2.56 bits per heavy atom. The van der Waals surface area contributed by atoms with Crippen molar-refractivity contribution in [3.8, 4) is 0 Å². The summed E-state index contributed by atoms with van der Waals surface area (Å²) in [4.78, 5) is 34.3. The summed E-state index contributed by atoms with van der Waals surface area (Å²) in [6.45, 7) is -0.0615. The predicted molar refractivity (Wildman–Crippen MR) is 96.5 cm³/mol. The molecule has 0 spiro atoms. The van der Waals surface area contributed by atoms with E-state index in [9.17, 15) is 24.8 Å². The number of nitrogens with zero attached hydrogens (tertiary/aromatic N) is 2. The number of carboxylic acids is 1. The van der Waals surface area contributed by atoms with Crippen LogP contribution in [0.15, 0.2) is 40.3 Å². The van der Waals surface area contributed by atoms with Gasteiger partial charge in [-0.1, -0.05) is 35.6 Å². The Kier molecular flexibility index (Phi) is 6.29. The number of hydrogen-bond donors (Lipinski definition) is 0. The number of hydrogen-bond acceptors (Lipinski definition) is 7. The fourth-order valence-electron chi connectivity index (χ4n) is 1.91. The van der Waals surface area contributed by atoms with Gasteiger partial charge in [0.1, 0.15) is 4.32 Å². The Balaban J connectivity index is 2.13. The van der Waals surface area contributed by atoms with Crippen LogP contribution in [-0.2, 0) is 9.59 Å². The van der Waals surface area contributed by atoms with Crippen LogP contribution in [0.25, 0.3) is 6.08 Å². The molecule has 1 aliphatic rings. The lowest BCUT2D eigenvalue weighted by molar-refractivity contribution is -0.384. The number of thioether (sulfide) groups is 1. The van der Waals surface area contributed by atoms with Gasteiger partial charge < -0.3 is 9.90 Å². The van der Waals surface area contributed by atoms with Crippen LogP contribution in [0.2, 0.25) is 0 Å². The van der Waals surface area contributed by atoms with Crippen molar-refractivity contribution in [3.63, 3.8) is 0 Å². The van der Waals surface area contributed by atoms with E-state index in [-0.39, 0.29) is 32.9 Å². The minimum absolute atomic E-state index is 0.0398. The van der Waals surface area contributed by atoms with E-state index in [2.05, 4.69) is 0 Å². The van der Waals surface area contributed by atoms with Crippen LogP contribution < -0.4 is 5.11 Å². The summed E-state index contributed by atoms with van der Waals surface area (Å²) in [7, 11) is 0. The standard InChI is InChI=1S/C15H11ClN2O5S2/c16-10(7-9-1-3-11(4-2-9)18(22)23)8-12-14(21)17(15(24)25-12)6-5-13(19)20/h1-4,7-8H,5-6H2,(H,19,20)/p-1. The number of carbonyl (C=O) groups excluding carboxylic acids is 2. The molecule has 7 nitrogen and oxygen atoms in total. The Labute approximate surface area is 157 Å². The highest BCUT2D eigenvalue weighted by Crippen LogP contribution is 2.32. The second-order valence-electron chi connectivity index (χ2n) is 4.83. The molecule has 130 valence electrons. The van der Waals surface area contributed by atoms with Crippen LogP contribution >= 0.6 is 35.6 Å². The van der Waals surface area contributed by atoms with Crippen molar-refractivity contribution in [2.75, 3.05) is 6.54 Å². The lowest BCUT2D eigenvalue weighted by Crippen LogP contribution is -2.33. The van der Waals surface area contributed by atoms with Crippen LogP contribution in [0.3, 0.4) is 0 Å². The fourth-order valence-corrected chi connectivity index (χ4v) is 3.51. The number of carboxylic acid groups (broad SMARTS) is 1. The lowest BCUT2D eigenvalue weighted by Gasteiger charge is -2.14. The second kappa shape index (κ2) is 8.24. The van der Waals surface area contributed by atoms with Crippen LogP contribution in [-0.4, -0.2) is 32.6 Å². The van der Waals surface area contributed by atoms with E-state index in [1.807, 2.05) is 0 Å². The number of aliphatic carboxylic acids is 1. The van der Waals surface area contributed by atoms with Crippen molar-refractivity contribution in [1.82, 2.24) is 4.90 Å². The molecule has 0 aliphatic carbocycles. The number of allylic oxidation sites excluding steroid dienone is 2. The van der Waals surface area contributed by atoms with Crippen LogP contribution in [0, 0.1) is 10.1 Å². The third-order valence-electron chi connectivity index (χ3n) is 3.09.